The lowest BCUT2D eigenvalue weighted by Crippen LogP contribution is -2.30. The van der Waals surface area contributed by atoms with Gasteiger partial charge in [-0.05, 0) is 93.4 Å². The van der Waals surface area contributed by atoms with Crippen molar-refractivity contribution in [3.8, 4) is 11.1 Å². The minimum Gasteiger partial charge on any atom is -0.381 e. The van der Waals surface area contributed by atoms with Gasteiger partial charge >= 0.3 is 0 Å². The van der Waals surface area contributed by atoms with Gasteiger partial charge in [0.05, 0.1) is 17.3 Å². The van der Waals surface area contributed by atoms with E-state index in [4.69, 9.17) is 9.72 Å². The number of hydrogen-bond donors (Lipinski definition) is 4. The lowest BCUT2D eigenvalue weighted by molar-refractivity contribution is 0.0904. The van der Waals surface area contributed by atoms with E-state index in [0.717, 1.165) is 70.6 Å². The first-order chi connectivity index (χ1) is 26.2. The predicted octanol–water partition coefficient (Wildman–Crippen LogP) is 5.92. The average molecular weight is 735 g/mol. The molecule has 1 aliphatic heterocycles. The third-order valence-corrected chi connectivity index (χ3v) is 9.78. The average Bonchev–Trinajstić information content (AvgIpc) is 3.61. The summed E-state index contributed by atoms with van der Waals surface area (Å²) in [4.78, 5) is 34.0. The van der Waals surface area contributed by atoms with Crippen LogP contribution >= 0.6 is 0 Å². The molecule has 0 radical (unpaired) electrons. The van der Waals surface area contributed by atoms with Crippen molar-refractivity contribution in [2.75, 3.05) is 45.7 Å². The minimum atomic E-state index is -0.333. The molecule has 1 aliphatic rings. The molecule has 3 heterocycles. The summed E-state index contributed by atoms with van der Waals surface area (Å²) in [6.07, 6.45) is 4.31. The highest BCUT2D eigenvalue weighted by Gasteiger charge is 2.22. The largest absolute Gasteiger partial charge is 0.381 e. The number of likely N-dealkylation sites (N-methyl/N-ethyl adjacent to an activating group) is 1. The van der Waals surface area contributed by atoms with E-state index in [1.165, 1.54) is 6.07 Å². The van der Waals surface area contributed by atoms with Crippen molar-refractivity contribution in [3.63, 3.8) is 0 Å². The molecule has 0 unspecified atom stereocenters. The van der Waals surface area contributed by atoms with Crippen molar-refractivity contribution in [1.82, 2.24) is 35.6 Å². The Morgan fingerprint density at radius 3 is 2.35 bits per heavy atom. The fourth-order valence-electron chi connectivity index (χ4n) is 6.75. The summed E-state index contributed by atoms with van der Waals surface area (Å²) >= 11 is 0. The van der Waals surface area contributed by atoms with Crippen molar-refractivity contribution in [3.05, 3.63) is 112 Å². The number of halogens is 1. The molecule has 4 N–H and O–H groups in total. The molecule has 0 saturated carbocycles. The van der Waals surface area contributed by atoms with Gasteiger partial charge in [-0.25, -0.2) is 14.1 Å². The third kappa shape index (κ3) is 9.49. The maximum Gasteiger partial charge on any atom is 0.251 e. The van der Waals surface area contributed by atoms with Crippen LogP contribution in [0, 0.1) is 5.82 Å². The van der Waals surface area contributed by atoms with Crippen molar-refractivity contribution >= 4 is 28.5 Å². The molecule has 1 fully saturated rings. The van der Waals surface area contributed by atoms with Gasteiger partial charge in [-0.1, -0.05) is 37.3 Å². The molecule has 12 heteroatoms. The zero-order chi connectivity index (χ0) is 38.0. The zero-order valence-corrected chi connectivity index (χ0v) is 31.7. The number of amides is 2. The number of nitrogens with one attached hydrogen (secondary N) is 4. The monoisotopic (exact) mass is 734 g/mol. The molecule has 54 heavy (non-hydrogen) atoms. The van der Waals surface area contributed by atoms with E-state index in [1.807, 2.05) is 56.2 Å². The van der Waals surface area contributed by atoms with Crippen molar-refractivity contribution < 1.29 is 18.7 Å². The zero-order valence-electron chi connectivity index (χ0n) is 31.7. The van der Waals surface area contributed by atoms with Gasteiger partial charge in [0.25, 0.3) is 11.8 Å². The number of aryl methyl sites for hydroxylation is 2. The van der Waals surface area contributed by atoms with Gasteiger partial charge in [-0.3, -0.25) is 9.59 Å². The van der Waals surface area contributed by atoms with Gasteiger partial charge < -0.3 is 30.9 Å². The Labute approximate surface area is 316 Å². The van der Waals surface area contributed by atoms with E-state index in [1.54, 1.807) is 36.4 Å². The van der Waals surface area contributed by atoms with Crippen LogP contribution < -0.4 is 21.3 Å². The highest BCUT2D eigenvalue weighted by molar-refractivity contribution is 6.00. The molecular formula is C42H51FN8O3. The van der Waals surface area contributed by atoms with Crippen LogP contribution in [0.3, 0.4) is 0 Å². The smallest absolute Gasteiger partial charge is 0.251 e. The molecule has 0 atom stereocenters. The molecular weight excluding hydrogens is 684 g/mol. The molecule has 11 nitrogen and oxygen atoms in total. The van der Waals surface area contributed by atoms with E-state index in [0.29, 0.717) is 49.4 Å². The molecule has 5 aromatic rings. The first-order valence-corrected chi connectivity index (χ1v) is 18.8. The number of carbonyl (C=O) groups excluding carboxylic acids is 2. The molecule has 2 aromatic heterocycles. The predicted molar refractivity (Wildman–Crippen MR) is 211 cm³/mol. The third-order valence-electron chi connectivity index (χ3n) is 9.78. The molecule has 3 aromatic carbocycles. The van der Waals surface area contributed by atoms with Crippen LogP contribution in [0.4, 0.5) is 10.1 Å². The van der Waals surface area contributed by atoms with Crippen LogP contribution in [0.1, 0.15) is 69.8 Å². The van der Waals surface area contributed by atoms with E-state index in [-0.39, 0.29) is 36.8 Å². The Hall–Kier alpha value is -5.17. The number of hydrogen-bond acceptors (Lipinski definition) is 8. The summed E-state index contributed by atoms with van der Waals surface area (Å²) in [7, 11) is 4.07. The molecule has 6 rings (SSSR count). The topological polar surface area (TPSA) is 125 Å². The highest BCUT2D eigenvalue weighted by atomic mass is 19.1. The van der Waals surface area contributed by atoms with Gasteiger partial charge in [0.1, 0.15) is 5.82 Å². The number of aromatic nitrogens is 3. The maximum absolute atomic E-state index is 15.0. The number of rotatable bonds is 16. The molecule has 0 bridgehead atoms. The second-order valence-corrected chi connectivity index (χ2v) is 13.9. The van der Waals surface area contributed by atoms with E-state index in [9.17, 15) is 9.59 Å². The Kier molecular flexibility index (Phi) is 13.0. The first-order valence-electron chi connectivity index (χ1n) is 18.8. The van der Waals surface area contributed by atoms with Gasteiger partial charge in [-0.15, -0.1) is 0 Å². The van der Waals surface area contributed by atoms with Crippen molar-refractivity contribution in [2.24, 2.45) is 0 Å². The Morgan fingerprint density at radius 1 is 0.907 bits per heavy atom. The lowest BCUT2D eigenvalue weighted by Gasteiger charge is -2.26. The number of nitrogens with zero attached hydrogens (tertiary/aromatic N) is 4. The SMILES string of the molecule is CCc1nc2c(cnn2CC)c(NC2CCOCC2)c1CNC(=O)c1cccc(C(=O)NCc2ccc(F)c(-c3cccc(CNCCN(C)C)c3)c2)c1. The van der Waals surface area contributed by atoms with Crippen LogP contribution in [-0.4, -0.2) is 77.9 Å². The highest BCUT2D eigenvalue weighted by Crippen LogP contribution is 2.31. The molecule has 0 aliphatic carbocycles. The second kappa shape index (κ2) is 18.2. The molecule has 2 amide bonds. The Balaban J connectivity index is 1.12. The van der Waals surface area contributed by atoms with Gasteiger partial charge in [-0.2, -0.15) is 5.10 Å². The number of ether oxygens (including phenoxy) is 1. The van der Waals surface area contributed by atoms with Crippen LogP contribution in [0.25, 0.3) is 22.2 Å². The number of carbonyl (C=O) groups is 2. The number of anilines is 1. The molecule has 284 valence electrons. The Bertz CT molecular complexity index is 2070. The number of fused-ring (bicyclic) bond motifs is 1. The fraction of sp³-hybridized carbons (Fsp3) is 0.381. The summed E-state index contributed by atoms with van der Waals surface area (Å²) in [5.74, 6) is -0.961. The number of benzene rings is 3. The quantitative estimate of drug-likeness (QED) is 0.0922. The Morgan fingerprint density at radius 2 is 1.63 bits per heavy atom. The number of pyridine rings is 1. The van der Waals surface area contributed by atoms with Crippen LogP contribution in [0.2, 0.25) is 0 Å². The standard InChI is InChI=1S/C42H51FN8O3/c1-5-38-35(39(48-33-15-19-54-20-16-33)36-27-47-51(6-2)40(36)49-38)26-46-42(53)32-12-8-11-31(23-32)41(52)45-25-29-13-14-37(43)34(22-29)30-10-7-9-28(21-30)24-44-17-18-50(3)4/h7-14,21-23,27,33,44H,5-6,15-20,24-26H2,1-4H3,(H,45,52)(H,46,53)(H,48,49). The van der Waals surface area contributed by atoms with Gasteiger partial charge in [0, 0.05) is 86.5 Å². The fourth-order valence-corrected chi connectivity index (χ4v) is 6.75. The van der Waals surface area contributed by atoms with E-state index < -0.39 is 0 Å². The van der Waals surface area contributed by atoms with Gasteiger partial charge in [0.2, 0.25) is 0 Å². The summed E-state index contributed by atoms with van der Waals surface area (Å²) in [6, 6.07) is 19.6. The second-order valence-electron chi connectivity index (χ2n) is 13.9. The van der Waals surface area contributed by atoms with Gasteiger partial charge in [0.15, 0.2) is 5.65 Å². The van der Waals surface area contributed by atoms with E-state index >= 15 is 4.39 Å². The van der Waals surface area contributed by atoms with Crippen LogP contribution in [0.5, 0.6) is 0 Å². The normalized spacial score (nSPS) is 13.4. The van der Waals surface area contributed by atoms with Crippen molar-refractivity contribution in [1.29, 1.82) is 0 Å². The summed E-state index contributed by atoms with van der Waals surface area (Å²) in [6.45, 7) is 9.12. The molecule has 1 saturated heterocycles. The summed E-state index contributed by atoms with van der Waals surface area (Å²) in [5.41, 5.74) is 7.38. The summed E-state index contributed by atoms with van der Waals surface area (Å²) < 4.78 is 22.5. The van der Waals surface area contributed by atoms with Crippen molar-refractivity contribution in [2.45, 2.75) is 65.3 Å². The van der Waals surface area contributed by atoms with Crippen LogP contribution in [-0.2, 0) is 37.3 Å². The van der Waals surface area contributed by atoms with E-state index in [2.05, 4.69) is 38.2 Å². The summed E-state index contributed by atoms with van der Waals surface area (Å²) in [5, 5.41) is 18.7. The first kappa shape index (κ1) is 38.6. The lowest BCUT2D eigenvalue weighted by atomic mass is 10.00. The van der Waals surface area contributed by atoms with Crippen LogP contribution in [0.15, 0.2) is 72.9 Å². The molecule has 0 spiro atoms. The minimum absolute atomic E-state index is 0.196. The maximum atomic E-state index is 15.0.